The number of likely N-dealkylation sites (tertiary alicyclic amines) is 1. The van der Waals surface area contributed by atoms with Crippen LogP contribution in [-0.2, 0) is 9.59 Å². The molecule has 1 atom stereocenters. The van der Waals surface area contributed by atoms with Crippen molar-refractivity contribution < 1.29 is 19.8 Å². The third-order valence-electron chi connectivity index (χ3n) is 3.25. The summed E-state index contributed by atoms with van der Waals surface area (Å²) in [5.41, 5.74) is 0. The highest BCUT2D eigenvalue weighted by atomic mass is 16.4. The SMILES string of the molecule is O=C(O)C1CC(=O)N(CC2CC(O)C2)C1. The van der Waals surface area contributed by atoms with Gasteiger partial charge in [-0.15, -0.1) is 0 Å². The maximum atomic E-state index is 11.4. The monoisotopic (exact) mass is 213 g/mol. The van der Waals surface area contributed by atoms with Gasteiger partial charge in [-0.1, -0.05) is 0 Å². The Morgan fingerprint density at radius 1 is 1.47 bits per heavy atom. The lowest BCUT2D eigenvalue weighted by atomic mass is 9.82. The molecule has 1 aliphatic heterocycles. The molecule has 2 N–H and O–H groups in total. The average molecular weight is 213 g/mol. The number of nitrogens with zero attached hydrogens (tertiary/aromatic N) is 1. The Morgan fingerprint density at radius 2 is 2.13 bits per heavy atom. The Hall–Kier alpha value is -1.10. The first-order valence-corrected chi connectivity index (χ1v) is 5.25. The van der Waals surface area contributed by atoms with Gasteiger partial charge in [-0.25, -0.2) is 0 Å². The van der Waals surface area contributed by atoms with E-state index in [1.807, 2.05) is 0 Å². The van der Waals surface area contributed by atoms with Crippen molar-refractivity contribution in [3.63, 3.8) is 0 Å². The molecule has 0 aromatic heterocycles. The fourth-order valence-electron chi connectivity index (χ4n) is 2.28. The molecule has 84 valence electrons. The van der Waals surface area contributed by atoms with Crippen LogP contribution in [0.4, 0.5) is 0 Å². The molecule has 15 heavy (non-hydrogen) atoms. The Bertz CT molecular complexity index is 285. The van der Waals surface area contributed by atoms with E-state index in [0.29, 0.717) is 19.0 Å². The number of carbonyl (C=O) groups excluding carboxylic acids is 1. The molecule has 5 nitrogen and oxygen atoms in total. The molecular formula is C10H15NO4. The van der Waals surface area contributed by atoms with Gasteiger partial charge in [0.1, 0.15) is 0 Å². The van der Waals surface area contributed by atoms with Crippen molar-refractivity contribution in [2.45, 2.75) is 25.4 Å². The van der Waals surface area contributed by atoms with Gasteiger partial charge in [-0.3, -0.25) is 9.59 Å². The van der Waals surface area contributed by atoms with Gasteiger partial charge < -0.3 is 15.1 Å². The molecule has 1 heterocycles. The number of aliphatic hydroxyl groups is 1. The highest BCUT2D eigenvalue weighted by Gasteiger charge is 2.37. The quantitative estimate of drug-likeness (QED) is 0.674. The Kier molecular flexibility index (Phi) is 2.65. The first-order valence-electron chi connectivity index (χ1n) is 5.25. The number of amides is 1. The van der Waals surface area contributed by atoms with Gasteiger partial charge in [0.2, 0.25) is 5.91 Å². The maximum Gasteiger partial charge on any atom is 0.308 e. The molecular weight excluding hydrogens is 198 g/mol. The average Bonchev–Trinajstić information content (AvgIpc) is 2.45. The van der Waals surface area contributed by atoms with Gasteiger partial charge in [0, 0.05) is 19.5 Å². The number of rotatable bonds is 3. The number of hydrogen-bond donors (Lipinski definition) is 2. The molecule has 1 aliphatic carbocycles. The van der Waals surface area contributed by atoms with Crippen LogP contribution in [0.1, 0.15) is 19.3 Å². The third-order valence-corrected chi connectivity index (χ3v) is 3.25. The Balaban J connectivity index is 1.83. The second-order valence-corrected chi connectivity index (χ2v) is 4.53. The molecule has 1 saturated heterocycles. The van der Waals surface area contributed by atoms with Crippen LogP contribution in [0.15, 0.2) is 0 Å². The van der Waals surface area contributed by atoms with Gasteiger partial charge in [0.05, 0.1) is 12.0 Å². The summed E-state index contributed by atoms with van der Waals surface area (Å²) < 4.78 is 0. The topological polar surface area (TPSA) is 77.8 Å². The number of aliphatic carboxylic acids is 1. The summed E-state index contributed by atoms with van der Waals surface area (Å²) in [5, 5.41) is 17.9. The number of carboxylic acids is 1. The molecule has 5 heteroatoms. The second kappa shape index (κ2) is 3.81. The van der Waals surface area contributed by atoms with Crippen molar-refractivity contribution in [1.29, 1.82) is 0 Å². The molecule has 2 aliphatic rings. The number of carboxylic acid groups (broad SMARTS) is 1. The zero-order chi connectivity index (χ0) is 11.0. The van der Waals surface area contributed by atoms with E-state index in [1.54, 1.807) is 4.90 Å². The number of carbonyl (C=O) groups is 2. The van der Waals surface area contributed by atoms with Crippen LogP contribution in [-0.4, -0.2) is 46.2 Å². The number of aliphatic hydroxyl groups excluding tert-OH is 1. The third kappa shape index (κ3) is 2.12. The van der Waals surface area contributed by atoms with Crippen molar-refractivity contribution in [3.05, 3.63) is 0 Å². The molecule has 0 aromatic rings. The summed E-state index contributed by atoms with van der Waals surface area (Å²) in [6.45, 7) is 0.945. The fourth-order valence-corrected chi connectivity index (χ4v) is 2.28. The second-order valence-electron chi connectivity index (χ2n) is 4.53. The summed E-state index contributed by atoms with van der Waals surface area (Å²) in [6, 6.07) is 0. The van der Waals surface area contributed by atoms with Crippen LogP contribution in [0, 0.1) is 11.8 Å². The van der Waals surface area contributed by atoms with Gasteiger partial charge in [-0.2, -0.15) is 0 Å². The Morgan fingerprint density at radius 3 is 2.60 bits per heavy atom. The lowest BCUT2D eigenvalue weighted by molar-refractivity contribution is -0.141. The van der Waals surface area contributed by atoms with Crippen LogP contribution in [0.5, 0.6) is 0 Å². The molecule has 1 saturated carbocycles. The minimum atomic E-state index is -0.889. The van der Waals surface area contributed by atoms with E-state index in [9.17, 15) is 9.59 Å². The predicted molar refractivity (Wildman–Crippen MR) is 51.1 cm³/mol. The lowest BCUT2D eigenvalue weighted by Gasteiger charge is -2.34. The van der Waals surface area contributed by atoms with Crippen LogP contribution >= 0.6 is 0 Å². The highest BCUT2D eigenvalue weighted by Crippen LogP contribution is 2.30. The van der Waals surface area contributed by atoms with Gasteiger partial charge in [-0.05, 0) is 18.8 Å². The van der Waals surface area contributed by atoms with E-state index in [-0.39, 0.29) is 18.4 Å². The van der Waals surface area contributed by atoms with Crippen LogP contribution < -0.4 is 0 Å². The van der Waals surface area contributed by atoms with E-state index in [4.69, 9.17) is 10.2 Å². The summed E-state index contributed by atoms with van der Waals surface area (Å²) in [6.07, 6.45) is 1.39. The van der Waals surface area contributed by atoms with Gasteiger partial charge in [0.15, 0.2) is 0 Å². The van der Waals surface area contributed by atoms with Crippen LogP contribution in [0.25, 0.3) is 0 Å². The minimum Gasteiger partial charge on any atom is -0.481 e. The molecule has 1 amide bonds. The zero-order valence-corrected chi connectivity index (χ0v) is 8.43. The molecule has 0 aromatic carbocycles. The van der Waals surface area contributed by atoms with E-state index in [0.717, 1.165) is 12.8 Å². The number of hydrogen-bond acceptors (Lipinski definition) is 3. The van der Waals surface area contributed by atoms with Crippen molar-refractivity contribution in [2.75, 3.05) is 13.1 Å². The maximum absolute atomic E-state index is 11.4. The van der Waals surface area contributed by atoms with Crippen LogP contribution in [0.2, 0.25) is 0 Å². The molecule has 0 spiro atoms. The van der Waals surface area contributed by atoms with Crippen molar-refractivity contribution >= 4 is 11.9 Å². The smallest absolute Gasteiger partial charge is 0.308 e. The van der Waals surface area contributed by atoms with E-state index >= 15 is 0 Å². The largest absolute Gasteiger partial charge is 0.481 e. The van der Waals surface area contributed by atoms with E-state index in [2.05, 4.69) is 0 Å². The first-order chi connectivity index (χ1) is 7.06. The normalized spacial score (nSPS) is 35.4. The summed E-state index contributed by atoms with van der Waals surface area (Å²) >= 11 is 0. The van der Waals surface area contributed by atoms with Crippen molar-refractivity contribution in [1.82, 2.24) is 4.90 Å². The minimum absolute atomic E-state index is 0.0659. The molecule has 1 unspecified atom stereocenters. The molecule has 2 rings (SSSR count). The van der Waals surface area contributed by atoms with Crippen molar-refractivity contribution in [3.8, 4) is 0 Å². The van der Waals surface area contributed by atoms with Gasteiger partial charge in [0.25, 0.3) is 0 Å². The molecule has 2 fully saturated rings. The molecule has 0 bridgehead atoms. The summed E-state index contributed by atoms with van der Waals surface area (Å²) in [4.78, 5) is 23.8. The summed E-state index contributed by atoms with van der Waals surface area (Å²) in [7, 11) is 0. The van der Waals surface area contributed by atoms with Crippen molar-refractivity contribution in [2.24, 2.45) is 11.8 Å². The molecule has 0 radical (unpaired) electrons. The summed E-state index contributed by atoms with van der Waals surface area (Å²) in [5.74, 6) is -1.14. The first kappa shape index (κ1) is 10.4. The van der Waals surface area contributed by atoms with Crippen LogP contribution in [0.3, 0.4) is 0 Å². The fraction of sp³-hybridized carbons (Fsp3) is 0.800. The van der Waals surface area contributed by atoms with E-state index < -0.39 is 11.9 Å². The predicted octanol–water partition coefficient (Wildman–Crippen LogP) is -0.310. The zero-order valence-electron chi connectivity index (χ0n) is 8.43. The van der Waals surface area contributed by atoms with E-state index in [1.165, 1.54) is 0 Å². The Labute approximate surface area is 87.7 Å². The lowest BCUT2D eigenvalue weighted by Crippen LogP contribution is -2.39. The van der Waals surface area contributed by atoms with Gasteiger partial charge >= 0.3 is 5.97 Å². The standard InChI is InChI=1S/C10H15NO4/c12-8-1-6(2-8)4-11-5-7(10(14)15)3-9(11)13/h6-8,12H,1-5H2,(H,14,15). The highest BCUT2D eigenvalue weighted by molar-refractivity contribution is 5.86.